The molecular weight excluding hydrogens is 318 g/mol. The first-order chi connectivity index (χ1) is 12.1. The van der Waals surface area contributed by atoms with E-state index in [1.807, 2.05) is 25.1 Å². The second kappa shape index (κ2) is 7.29. The Morgan fingerprint density at radius 1 is 1.32 bits per heavy atom. The van der Waals surface area contributed by atoms with Gasteiger partial charge in [0.25, 0.3) is 5.56 Å². The highest BCUT2D eigenvalue weighted by Crippen LogP contribution is 2.08. The first kappa shape index (κ1) is 16.9. The van der Waals surface area contributed by atoms with Gasteiger partial charge in [0, 0.05) is 13.0 Å². The summed E-state index contributed by atoms with van der Waals surface area (Å²) in [5.74, 6) is -0.00932. The van der Waals surface area contributed by atoms with Crippen LogP contribution in [0.4, 0.5) is 0 Å². The second-order valence-electron chi connectivity index (χ2n) is 5.98. The molecular formula is C18H21N5O2. The topological polar surface area (TPSA) is 81.8 Å². The molecule has 0 spiro atoms. The first-order valence-corrected chi connectivity index (χ1v) is 8.31. The van der Waals surface area contributed by atoms with Crippen LogP contribution >= 0.6 is 0 Å². The Kier molecular flexibility index (Phi) is 4.92. The lowest BCUT2D eigenvalue weighted by Gasteiger charge is -2.07. The molecule has 0 aliphatic heterocycles. The Morgan fingerprint density at radius 3 is 2.92 bits per heavy atom. The van der Waals surface area contributed by atoms with E-state index < -0.39 is 0 Å². The number of nitrogens with one attached hydrogen (secondary N) is 1. The summed E-state index contributed by atoms with van der Waals surface area (Å²) >= 11 is 0. The number of aromatic nitrogens is 4. The average molecular weight is 339 g/mol. The molecule has 0 fully saturated rings. The molecule has 3 aromatic rings. The summed E-state index contributed by atoms with van der Waals surface area (Å²) in [6.45, 7) is 5.23. The quantitative estimate of drug-likeness (QED) is 0.737. The van der Waals surface area contributed by atoms with Gasteiger partial charge >= 0.3 is 0 Å². The number of rotatable bonds is 6. The molecule has 7 heteroatoms. The Labute approximate surface area is 145 Å². The molecule has 2 aromatic heterocycles. The maximum absolute atomic E-state index is 12.7. The highest BCUT2D eigenvalue weighted by molar-refractivity contribution is 5.75. The van der Waals surface area contributed by atoms with Crippen molar-refractivity contribution in [2.75, 3.05) is 6.54 Å². The predicted molar refractivity (Wildman–Crippen MR) is 95.4 cm³/mol. The molecule has 0 atom stereocenters. The lowest BCUT2D eigenvalue weighted by Crippen LogP contribution is -2.27. The molecule has 2 heterocycles. The van der Waals surface area contributed by atoms with E-state index in [2.05, 4.69) is 21.5 Å². The number of hydrogen-bond donors (Lipinski definition) is 1. The van der Waals surface area contributed by atoms with Crippen molar-refractivity contribution in [1.29, 1.82) is 0 Å². The highest BCUT2D eigenvalue weighted by Gasteiger charge is 2.10. The van der Waals surface area contributed by atoms with E-state index in [9.17, 15) is 9.59 Å². The van der Waals surface area contributed by atoms with Crippen LogP contribution < -0.4 is 10.9 Å². The van der Waals surface area contributed by atoms with Gasteiger partial charge < -0.3 is 5.32 Å². The van der Waals surface area contributed by atoms with Crippen LogP contribution in [-0.2, 0) is 17.9 Å². The number of fused-ring (bicyclic) bond motifs is 1. The second-order valence-corrected chi connectivity index (χ2v) is 5.98. The highest BCUT2D eigenvalue weighted by atomic mass is 16.1. The lowest BCUT2D eigenvalue weighted by atomic mass is 10.1. The zero-order valence-electron chi connectivity index (χ0n) is 14.4. The van der Waals surface area contributed by atoms with Crippen molar-refractivity contribution < 1.29 is 4.79 Å². The van der Waals surface area contributed by atoms with Gasteiger partial charge in [0.15, 0.2) is 5.65 Å². The van der Waals surface area contributed by atoms with Crippen molar-refractivity contribution in [2.45, 2.75) is 33.4 Å². The van der Waals surface area contributed by atoms with Gasteiger partial charge in [0.05, 0.1) is 19.3 Å². The third-order valence-corrected chi connectivity index (χ3v) is 4.02. The Balaban J connectivity index is 1.81. The molecule has 0 aliphatic carbocycles. The molecule has 0 unspecified atom stereocenters. The van der Waals surface area contributed by atoms with Gasteiger partial charge in [-0.3, -0.25) is 14.2 Å². The standard InChI is InChI=1S/C18H21N5O2/c1-3-16(24)19-7-8-23-17-15(10-21-23)18(25)22(12-20-17)11-14-6-4-5-13(2)9-14/h4-6,9-10,12H,3,7-8,11H2,1-2H3,(H,19,24). The smallest absolute Gasteiger partial charge is 0.264 e. The molecule has 1 aromatic carbocycles. The molecule has 0 aliphatic rings. The van der Waals surface area contributed by atoms with Crippen molar-refractivity contribution in [2.24, 2.45) is 0 Å². The van der Waals surface area contributed by atoms with Crippen LogP contribution in [0, 0.1) is 6.92 Å². The van der Waals surface area contributed by atoms with Gasteiger partial charge in [-0.2, -0.15) is 5.10 Å². The molecule has 7 nitrogen and oxygen atoms in total. The summed E-state index contributed by atoms with van der Waals surface area (Å²) in [6.07, 6.45) is 3.54. The number of hydrogen-bond acceptors (Lipinski definition) is 4. The van der Waals surface area contributed by atoms with Crippen molar-refractivity contribution in [3.05, 3.63) is 58.3 Å². The summed E-state index contributed by atoms with van der Waals surface area (Å²) < 4.78 is 3.23. The van der Waals surface area contributed by atoms with Crippen molar-refractivity contribution in [3.63, 3.8) is 0 Å². The molecule has 0 bridgehead atoms. The van der Waals surface area contributed by atoms with E-state index in [0.717, 1.165) is 11.1 Å². The van der Waals surface area contributed by atoms with Crippen LogP contribution in [0.1, 0.15) is 24.5 Å². The van der Waals surface area contributed by atoms with Gasteiger partial charge in [-0.1, -0.05) is 36.8 Å². The SMILES string of the molecule is CCC(=O)NCCn1ncc2c(=O)n(Cc3cccc(C)c3)cnc21. The number of carbonyl (C=O) groups excluding carboxylic acids is 1. The fourth-order valence-electron chi connectivity index (χ4n) is 2.71. The summed E-state index contributed by atoms with van der Waals surface area (Å²) in [7, 11) is 0. The Morgan fingerprint density at radius 2 is 2.16 bits per heavy atom. The van der Waals surface area contributed by atoms with Crippen LogP contribution in [0.25, 0.3) is 11.0 Å². The van der Waals surface area contributed by atoms with Gasteiger partial charge in [0.2, 0.25) is 5.91 Å². The van der Waals surface area contributed by atoms with Crippen LogP contribution in [0.15, 0.2) is 41.6 Å². The van der Waals surface area contributed by atoms with E-state index in [0.29, 0.717) is 37.1 Å². The van der Waals surface area contributed by atoms with Crippen molar-refractivity contribution in [3.8, 4) is 0 Å². The minimum atomic E-state index is -0.115. The number of aryl methyl sites for hydroxylation is 1. The molecule has 1 amide bonds. The Bertz CT molecular complexity index is 957. The van der Waals surface area contributed by atoms with E-state index in [1.165, 1.54) is 0 Å². The summed E-state index contributed by atoms with van der Waals surface area (Å²) in [5.41, 5.74) is 2.63. The predicted octanol–water partition coefficient (Wildman–Crippen LogP) is 1.48. The van der Waals surface area contributed by atoms with Crippen LogP contribution in [-0.4, -0.2) is 31.8 Å². The largest absolute Gasteiger partial charge is 0.354 e. The van der Waals surface area contributed by atoms with Crippen molar-refractivity contribution in [1.82, 2.24) is 24.6 Å². The molecule has 1 N–H and O–H groups in total. The molecule has 25 heavy (non-hydrogen) atoms. The number of nitrogens with zero attached hydrogens (tertiary/aromatic N) is 4. The van der Waals surface area contributed by atoms with E-state index in [-0.39, 0.29) is 11.5 Å². The minimum absolute atomic E-state index is 0.00932. The summed E-state index contributed by atoms with van der Waals surface area (Å²) in [5, 5.41) is 7.50. The summed E-state index contributed by atoms with van der Waals surface area (Å²) in [6, 6.07) is 8.04. The molecule has 0 radical (unpaired) electrons. The number of benzene rings is 1. The fraction of sp³-hybridized carbons (Fsp3) is 0.333. The fourth-order valence-corrected chi connectivity index (χ4v) is 2.71. The minimum Gasteiger partial charge on any atom is -0.354 e. The maximum atomic E-state index is 12.7. The van der Waals surface area contributed by atoms with Crippen LogP contribution in [0.2, 0.25) is 0 Å². The van der Waals surface area contributed by atoms with Gasteiger partial charge in [-0.05, 0) is 12.5 Å². The third-order valence-electron chi connectivity index (χ3n) is 4.02. The van der Waals surface area contributed by atoms with E-state index >= 15 is 0 Å². The lowest BCUT2D eigenvalue weighted by molar-refractivity contribution is -0.120. The van der Waals surface area contributed by atoms with E-state index in [1.54, 1.807) is 28.7 Å². The van der Waals surface area contributed by atoms with Crippen molar-refractivity contribution >= 4 is 16.9 Å². The van der Waals surface area contributed by atoms with Crippen LogP contribution in [0.3, 0.4) is 0 Å². The van der Waals surface area contributed by atoms with E-state index in [4.69, 9.17) is 0 Å². The van der Waals surface area contributed by atoms with Crippen LogP contribution in [0.5, 0.6) is 0 Å². The number of amides is 1. The monoisotopic (exact) mass is 339 g/mol. The van der Waals surface area contributed by atoms with Gasteiger partial charge in [-0.15, -0.1) is 0 Å². The van der Waals surface area contributed by atoms with Gasteiger partial charge in [0.1, 0.15) is 11.7 Å². The summed E-state index contributed by atoms with van der Waals surface area (Å²) in [4.78, 5) is 28.3. The molecule has 0 saturated carbocycles. The normalized spacial score (nSPS) is 11.0. The maximum Gasteiger partial charge on any atom is 0.264 e. The zero-order chi connectivity index (χ0) is 17.8. The Hall–Kier alpha value is -2.96. The number of carbonyl (C=O) groups is 1. The molecule has 3 rings (SSSR count). The van der Waals surface area contributed by atoms with Gasteiger partial charge in [-0.25, -0.2) is 9.67 Å². The molecule has 130 valence electrons. The average Bonchev–Trinajstić information content (AvgIpc) is 3.01. The first-order valence-electron chi connectivity index (χ1n) is 8.31. The third kappa shape index (κ3) is 3.76. The molecule has 0 saturated heterocycles. The zero-order valence-corrected chi connectivity index (χ0v) is 14.4.